The third kappa shape index (κ3) is 3.22. The normalized spacial score (nSPS) is 23.3. The lowest BCUT2D eigenvalue weighted by molar-refractivity contribution is -0.140. The van der Waals surface area contributed by atoms with Gasteiger partial charge in [0.1, 0.15) is 12.4 Å². The summed E-state index contributed by atoms with van der Waals surface area (Å²) in [4.78, 5) is 26.7. The van der Waals surface area contributed by atoms with E-state index < -0.39 is 0 Å². The minimum absolute atomic E-state index is 0.0252. The topological polar surface area (TPSA) is 46.6 Å². The van der Waals surface area contributed by atoms with Gasteiger partial charge >= 0.3 is 0 Å². The van der Waals surface area contributed by atoms with Crippen LogP contribution in [-0.2, 0) is 9.59 Å². The number of fused-ring (bicyclic) bond motifs is 1. The summed E-state index contributed by atoms with van der Waals surface area (Å²) in [6, 6.07) is 4.17. The molecule has 25 heavy (non-hydrogen) atoms. The van der Waals surface area contributed by atoms with E-state index in [0.29, 0.717) is 26.0 Å². The quantitative estimate of drug-likeness (QED) is 0.619. The van der Waals surface area contributed by atoms with Gasteiger partial charge in [-0.15, -0.1) is 0 Å². The number of ether oxygens (including phenoxy) is 1. The predicted molar refractivity (Wildman–Crippen MR) is 97.5 cm³/mol. The molecule has 0 bridgehead atoms. The Kier molecular flexibility index (Phi) is 4.72. The maximum absolute atomic E-state index is 12.7. The molecule has 3 rings (SSSR count). The van der Waals surface area contributed by atoms with Crippen molar-refractivity contribution in [1.29, 1.82) is 0 Å². The van der Waals surface area contributed by atoms with Crippen LogP contribution >= 0.6 is 0 Å². The molecule has 0 N–H and O–H groups in total. The molecule has 2 aliphatic rings. The highest BCUT2D eigenvalue weighted by atomic mass is 16.5. The highest BCUT2D eigenvalue weighted by molar-refractivity contribution is 6.05. The van der Waals surface area contributed by atoms with Crippen LogP contribution < -0.4 is 4.74 Å². The molecular formula is C21H27NO3. The monoisotopic (exact) mass is 341 g/mol. The average Bonchev–Trinajstić information content (AvgIpc) is 2.75. The molecule has 1 aliphatic heterocycles. The molecule has 2 atom stereocenters. The Hall–Kier alpha value is -2.10. The molecule has 0 unspecified atom stereocenters. The first-order valence-corrected chi connectivity index (χ1v) is 9.00. The SMILES string of the molecule is CC1=C(C)C[C@H]2C(=O)N(CCOc3c(C)cc(C)cc3C)C(=O)[C@H]2C1. The lowest BCUT2D eigenvalue weighted by Crippen LogP contribution is -2.34. The molecule has 1 aliphatic carbocycles. The third-order valence-electron chi connectivity index (χ3n) is 5.60. The molecule has 1 saturated heterocycles. The van der Waals surface area contributed by atoms with Crippen molar-refractivity contribution in [3.63, 3.8) is 0 Å². The van der Waals surface area contributed by atoms with Crippen LogP contribution in [0, 0.1) is 32.6 Å². The van der Waals surface area contributed by atoms with Crippen molar-refractivity contribution in [2.75, 3.05) is 13.2 Å². The molecule has 1 heterocycles. The van der Waals surface area contributed by atoms with Gasteiger partial charge in [0.15, 0.2) is 0 Å². The molecule has 4 nitrogen and oxygen atoms in total. The number of amides is 2. The number of carbonyl (C=O) groups is 2. The zero-order valence-corrected chi connectivity index (χ0v) is 15.8. The Balaban J connectivity index is 1.65. The van der Waals surface area contributed by atoms with Gasteiger partial charge < -0.3 is 4.74 Å². The number of hydrogen-bond acceptors (Lipinski definition) is 3. The Bertz CT molecular complexity index is 707. The molecule has 1 aromatic rings. The minimum Gasteiger partial charge on any atom is -0.491 e. The van der Waals surface area contributed by atoms with Crippen molar-refractivity contribution in [2.45, 2.75) is 47.5 Å². The number of rotatable bonds is 4. The van der Waals surface area contributed by atoms with Crippen molar-refractivity contribution < 1.29 is 14.3 Å². The van der Waals surface area contributed by atoms with Crippen LogP contribution in [0.3, 0.4) is 0 Å². The van der Waals surface area contributed by atoms with Gasteiger partial charge in [-0.25, -0.2) is 0 Å². The van der Waals surface area contributed by atoms with E-state index in [1.54, 1.807) is 0 Å². The van der Waals surface area contributed by atoms with Crippen LogP contribution in [0.15, 0.2) is 23.3 Å². The first kappa shape index (κ1) is 17.7. The summed E-state index contributed by atoms with van der Waals surface area (Å²) in [5.74, 6) is 0.471. The number of imide groups is 1. The summed E-state index contributed by atoms with van der Waals surface area (Å²) in [6.45, 7) is 10.9. The number of hydrogen-bond donors (Lipinski definition) is 0. The van der Waals surface area contributed by atoms with Crippen LogP contribution in [0.2, 0.25) is 0 Å². The van der Waals surface area contributed by atoms with Gasteiger partial charge in [-0.2, -0.15) is 0 Å². The highest BCUT2D eigenvalue weighted by Gasteiger charge is 2.48. The van der Waals surface area contributed by atoms with E-state index in [9.17, 15) is 9.59 Å². The second-order valence-electron chi connectivity index (χ2n) is 7.59. The van der Waals surface area contributed by atoms with Crippen LogP contribution in [0.5, 0.6) is 5.75 Å². The summed E-state index contributed by atoms with van der Waals surface area (Å²) >= 11 is 0. The Morgan fingerprint density at radius 3 is 1.88 bits per heavy atom. The summed E-state index contributed by atoms with van der Waals surface area (Å²) in [7, 11) is 0. The van der Waals surface area contributed by atoms with Crippen LogP contribution in [0.1, 0.15) is 43.4 Å². The second kappa shape index (κ2) is 6.66. The summed E-state index contributed by atoms with van der Waals surface area (Å²) < 4.78 is 5.92. The van der Waals surface area contributed by atoms with Gasteiger partial charge in [0.25, 0.3) is 0 Å². The molecular weight excluding hydrogens is 314 g/mol. The molecule has 0 spiro atoms. The molecule has 0 radical (unpaired) electrons. The van der Waals surface area contributed by atoms with Crippen molar-refractivity contribution >= 4 is 11.8 Å². The van der Waals surface area contributed by atoms with E-state index in [4.69, 9.17) is 4.74 Å². The zero-order chi connectivity index (χ0) is 18.3. The van der Waals surface area contributed by atoms with Gasteiger partial charge in [0.2, 0.25) is 11.8 Å². The van der Waals surface area contributed by atoms with E-state index in [2.05, 4.69) is 32.9 Å². The van der Waals surface area contributed by atoms with E-state index in [1.807, 2.05) is 13.8 Å². The largest absolute Gasteiger partial charge is 0.491 e. The molecule has 0 aromatic heterocycles. The Morgan fingerprint density at radius 1 is 0.920 bits per heavy atom. The maximum atomic E-state index is 12.7. The van der Waals surface area contributed by atoms with Gasteiger partial charge in [-0.1, -0.05) is 28.8 Å². The number of allylic oxidation sites excluding steroid dienone is 2. The van der Waals surface area contributed by atoms with Crippen molar-refractivity contribution in [2.24, 2.45) is 11.8 Å². The lowest BCUT2D eigenvalue weighted by atomic mass is 9.78. The van der Waals surface area contributed by atoms with Crippen LogP contribution in [-0.4, -0.2) is 29.9 Å². The number of nitrogens with zero attached hydrogens (tertiary/aromatic N) is 1. The smallest absolute Gasteiger partial charge is 0.233 e. The fraction of sp³-hybridized carbons (Fsp3) is 0.524. The number of aryl methyl sites for hydroxylation is 3. The van der Waals surface area contributed by atoms with Crippen LogP contribution in [0.4, 0.5) is 0 Å². The maximum Gasteiger partial charge on any atom is 0.233 e. The molecule has 1 aromatic carbocycles. The molecule has 134 valence electrons. The minimum atomic E-state index is -0.168. The summed E-state index contributed by atoms with van der Waals surface area (Å²) in [6.07, 6.45) is 1.43. The summed E-state index contributed by atoms with van der Waals surface area (Å²) in [5, 5.41) is 0. The van der Waals surface area contributed by atoms with E-state index in [-0.39, 0.29) is 23.7 Å². The fourth-order valence-corrected chi connectivity index (χ4v) is 4.17. The fourth-order valence-electron chi connectivity index (χ4n) is 4.17. The van der Waals surface area contributed by atoms with Gasteiger partial charge in [0, 0.05) is 0 Å². The van der Waals surface area contributed by atoms with Crippen molar-refractivity contribution in [3.8, 4) is 5.75 Å². The lowest BCUT2D eigenvalue weighted by Gasteiger charge is -2.23. The second-order valence-corrected chi connectivity index (χ2v) is 7.59. The van der Waals surface area contributed by atoms with Gasteiger partial charge in [0.05, 0.1) is 18.4 Å². The molecule has 2 amide bonds. The van der Waals surface area contributed by atoms with Gasteiger partial charge in [-0.3, -0.25) is 14.5 Å². The molecule has 4 heteroatoms. The van der Waals surface area contributed by atoms with E-state index >= 15 is 0 Å². The Morgan fingerprint density at radius 2 is 1.40 bits per heavy atom. The molecule has 1 fully saturated rings. The summed E-state index contributed by atoms with van der Waals surface area (Å²) in [5.41, 5.74) is 5.88. The average molecular weight is 341 g/mol. The number of carbonyl (C=O) groups excluding carboxylic acids is 2. The highest BCUT2D eigenvalue weighted by Crippen LogP contribution is 2.40. The van der Waals surface area contributed by atoms with E-state index in [1.165, 1.54) is 21.6 Å². The van der Waals surface area contributed by atoms with Crippen molar-refractivity contribution in [1.82, 2.24) is 4.90 Å². The number of benzene rings is 1. The third-order valence-corrected chi connectivity index (χ3v) is 5.60. The molecule has 0 saturated carbocycles. The first-order valence-electron chi connectivity index (χ1n) is 9.00. The first-order chi connectivity index (χ1) is 11.8. The van der Waals surface area contributed by atoms with Crippen LogP contribution in [0.25, 0.3) is 0 Å². The Labute approximate surface area is 149 Å². The number of likely N-dealkylation sites (tertiary alicyclic amines) is 1. The van der Waals surface area contributed by atoms with E-state index in [0.717, 1.165) is 16.9 Å². The zero-order valence-electron chi connectivity index (χ0n) is 15.8. The standard InChI is InChI=1S/C21H27NO3/c1-12-8-15(4)19(16(5)9-12)25-7-6-22-20(23)17-10-13(2)14(3)11-18(17)21(22)24/h8-9,17-18H,6-7,10-11H2,1-5H3/t17-,18+. The predicted octanol–water partition coefficient (Wildman–Crippen LogP) is 3.72. The van der Waals surface area contributed by atoms with Crippen molar-refractivity contribution in [3.05, 3.63) is 40.0 Å². The van der Waals surface area contributed by atoms with Gasteiger partial charge in [-0.05, 0) is 58.6 Å².